The van der Waals surface area contributed by atoms with Crippen LogP contribution in [0, 0.1) is 5.82 Å². The van der Waals surface area contributed by atoms with Gasteiger partial charge < -0.3 is 9.47 Å². The van der Waals surface area contributed by atoms with Gasteiger partial charge in [0.15, 0.2) is 11.6 Å². The second-order valence-corrected chi connectivity index (χ2v) is 5.13. The number of unbranched alkanes of at least 4 members (excludes halogenated alkanes) is 1. The van der Waals surface area contributed by atoms with Gasteiger partial charge in [0, 0.05) is 6.42 Å². The predicted molar refractivity (Wildman–Crippen MR) is 74.6 cm³/mol. The Bertz CT molecular complexity index is 485. The molecule has 0 spiro atoms. The third kappa shape index (κ3) is 3.11. The van der Waals surface area contributed by atoms with Crippen molar-refractivity contribution >= 4 is 5.97 Å². The molecule has 0 aliphatic carbocycles. The Morgan fingerprint density at radius 3 is 2.85 bits per heavy atom. The van der Waals surface area contributed by atoms with Crippen molar-refractivity contribution in [2.75, 3.05) is 6.61 Å². The van der Waals surface area contributed by atoms with Gasteiger partial charge in [-0.2, -0.15) is 0 Å². The second kappa shape index (κ2) is 6.73. The van der Waals surface area contributed by atoms with Crippen molar-refractivity contribution in [2.45, 2.75) is 52.1 Å². The highest BCUT2D eigenvalue weighted by atomic mass is 19.1. The highest BCUT2D eigenvalue weighted by molar-refractivity contribution is 5.93. The van der Waals surface area contributed by atoms with Gasteiger partial charge in [-0.05, 0) is 24.5 Å². The Morgan fingerprint density at radius 2 is 2.15 bits per heavy atom. The average molecular weight is 280 g/mol. The van der Waals surface area contributed by atoms with Crippen LogP contribution in [0.1, 0.15) is 55.5 Å². The molecule has 4 heteroatoms. The number of hydrogen-bond donors (Lipinski definition) is 0. The summed E-state index contributed by atoms with van der Waals surface area (Å²) >= 11 is 0. The molecule has 0 saturated heterocycles. The maximum atomic E-state index is 14.3. The molecule has 0 radical (unpaired) electrons. The molecular formula is C16H21FO3. The molecule has 1 unspecified atom stereocenters. The zero-order chi connectivity index (χ0) is 14.5. The largest absolute Gasteiger partial charge is 0.490 e. The van der Waals surface area contributed by atoms with E-state index < -0.39 is 11.8 Å². The van der Waals surface area contributed by atoms with Crippen LogP contribution >= 0.6 is 0 Å². The molecular weight excluding hydrogens is 259 g/mol. The summed E-state index contributed by atoms with van der Waals surface area (Å²) in [6.45, 7) is 4.53. The molecule has 1 heterocycles. The van der Waals surface area contributed by atoms with Gasteiger partial charge in [0.2, 0.25) is 0 Å². The minimum absolute atomic E-state index is 0.0475. The molecule has 1 aliphatic rings. The number of cyclic esters (lactones) is 1. The minimum Gasteiger partial charge on any atom is -0.490 e. The minimum atomic E-state index is -0.585. The van der Waals surface area contributed by atoms with Crippen molar-refractivity contribution < 1.29 is 18.7 Å². The van der Waals surface area contributed by atoms with Gasteiger partial charge in [-0.3, -0.25) is 0 Å². The SMILES string of the molecule is CCCCOc1ccc2c(c1F)C(=O)OC(CCC)C2. The number of benzene rings is 1. The third-order valence-corrected chi connectivity index (χ3v) is 3.48. The standard InChI is InChI=1S/C16H21FO3/c1-3-5-9-19-13-8-7-11-10-12(6-4-2)20-16(18)14(11)15(13)17/h7-8,12H,3-6,9-10H2,1-2H3. The van der Waals surface area contributed by atoms with E-state index in [2.05, 4.69) is 0 Å². The molecule has 2 rings (SSSR count). The van der Waals surface area contributed by atoms with Crippen LogP contribution in [-0.2, 0) is 11.2 Å². The van der Waals surface area contributed by atoms with E-state index in [4.69, 9.17) is 9.47 Å². The molecule has 0 amide bonds. The van der Waals surface area contributed by atoms with Gasteiger partial charge in [-0.25, -0.2) is 9.18 Å². The average Bonchev–Trinajstić information content (AvgIpc) is 2.41. The summed E-state index contributed by atoms with van der Waals surface area (Å²) in [7, 11) is 0. The molecule has 0 bridgehead atoms. The lowest BCUT2D eigenvalue weighted by molar-refractivity contribution is 0.0228. The van der Waals surface area contributed by atoms with Crippen molar-refractivity contribution in [2.24, 2.45) is 0 Å². The lowest BCUT2D eigenvalue weighted by atomic mass is 9.96. The predicted octanol–water partition coefficient (Wildman–Crippen LogP) is 3.89. The zero-order valence-electron chi connectivity index (χ0n) is 12.1. The van der Waals surface area contributed by atoms with Gasteiger partial charge >= 0.3 is 5.97 Å². The van der Waals surface area contributed by atoms with E-state index in [0.717, 1.165) is 31.2 Å². The molecule has 0 N–H and O–H groups in total. The fourth-order valence-corrected chi connectivity index (χ4v) is 2.41. The summed E-state index contributed by atoms with van der Waals surface area (Å²) in [4.78, 5) is 12.0. The van der Waals surface area contributed by atoms with Crippen molar-refractivity contribution in [3.8, 4) is 5.75 Å². The van der Waals surface area contributed by atoms with E-state index in [1.54, 1.807) is 12.1 Å². The first-order valence-electron chi connectivity index (χ1n) is 7.32. The van der Waals surface area contributed by atoms with E-state index in [9.17, 15) is 9.18 Å². The van der Waals surface area contributed by atoms with E-state index in [1.165, 1.54) is 0 Å². The van der Waals surface area contributed by atoms with E-state index in [1.807, 2.05) is 13.8 Å². The van der Waals surface area contributed by atoms with Crippen LogP contribution < -0.4 is 4.74 Å². The number of halogens is 1. The van der Waals surface area contributed by atoms with Crippen LogP contribution in [-0.4, -0.2) is 18.7 Å². The summed E-state index contributed by atoms with van der Waals surface area (Å²) in [6.07, 6.45) is 4.04. The monoisotopic (exact) mass is 280 g/mol. The summed E-state index contributed by atoms with van der Waals surface area (Å²) in [6, 6.07) is 3.40. The fourth-order valence-electron chi connectivity index (χ4n) is 2.41. The van der Waals surface area contributed by atoms with Crippen molar-refractivity contribution in [1.29, 1.82) is 0 Å². The summed E-state index contributed by atoms with van der Waals surface area (Å²) in [5, 5.41) is 0. The third-order valence-electron chi connectivity index (χ3n) is 3.48. The summed E-state index contributed by atoms with van der Waals surface area (Å²) in [5.74, 6) is -1.01. The first kappa shape index (κ1) is 14.8. The topological polar surface area (TPSA) is 35.5 Å². The smallest absolute Gasteiger partial charge is 0.341 e. The van der Waals surface area contributed by atoms with Crippen LogP contribution in [0.2, 0.25) is 0 Å². The fraction of sp³-hybridized carbons (Fsp3) is 0.562. The second-order valence-electron chi connectivity index (χ2n) is 5.13. The molecule has 1 aliphatic heterocycles. The normalized spacial score (nSPS) is 17.6. The number of esters is 1. The van der Waals surface area contributed by atoms with Gasteiger partial charge in [-0.15, -0.1) is 0 Å². The Hall–Kier alpha value is -1.58. The summed E-state index contributed by atoms with van der Waals surface area (Å²) < 4.78 is 25.0. The van der Waals surface area contributed by atoms with Gasteiger partial charge in [-0.1, -0.05) is 32.8 Å². The van der Waals surface area contributed by atoms with Crippen molar-refractivity contribution in [3.63, 3.8) is 0 Å². The maximum Gasteiger partial charge on any atom is 0.341 e. The van der Waals surface area contributed by atoms with Crippen LogP contribution in [0.4, 0.5) is 4.39 Å². The zero-order valence-corrected chi connectivity index (χ0v) is 12.1. The van der Waals surface area contributed by atoms with Crippen LogP contribution in [0.5, 0.6) is 5.75 Å². The lowest BCUT2D eigenvalue weighted by Gasteiger charge is -2.25. The van der Waals surface area contributed by atoms with E-state index in [0.29, 0.717) is 13.0 Å². The molecule has 0 saturated carbocycles. The molecule has 3 nitrogen and oxygen atoms in total. The van der Waals surface area contributed by atoms with Gasteiger partial charge in [0.1, 0.15) is 11.7 Å². The van der Waals surface area contributed by atoms with Gasteiger partial charge in [0.25, 0.3) is 0 Å². The van der Waals surface area contributed by atoms with E-state index >= 15 is 0 Å². The molecule has 0 fully saturated rings. The van der Waals surface area contributed by atoms with Crippen LogP contribution in [0.25, 0.3) is 0 Å². The Labute approximate surface area is 119 Å². The number of ether oxygens (including phenoxy) is 2. The highest BCUT2D eigenvalue weighted by Crippen LogP contribution is 2.30. The Morgan fingerprint density at radius 1 is 1.35 bits per heavy atom. The number of rotatable bonds is 6. The molecule has 0 aromatic heterocycles. The molecule has 1 atom stereocenters. The number of carbonyl (C=O) groups excluding carboxylic acids is 1. The van der Waals surface area contributed by atoms with E-state index in [-0.39, 0.29) is 17.4 Å². The maximum absolute atomic E-state index is 14.3. The molecule has 1 aromatic carbocycles. The molecule has 20 heavy (non-hydrogen) atoms. The molecule has 1 aromatic rings. The van der Waals surface area contributed by atoms with Crippen LogP contribution in [0.3, 0.4) is 0 Å². The van der Waals surface area contributed by atoms with Crippen molar-refractivity contribution in [3.05, 3.63) is 29.1 Å². The first-order valence-corrected chi connectivity index (χ1v) is 7.32. The molecule has 110 valence electrons. The highest BCUT2D eigenvalue weighted by Gasteiger charge is 2.30. The van der Waals surface area contributed by atoms with Gasteiger partial charge in [0.05, 0.1) is 6.61 Å². The summed E-state index contributed by atoms with van der Waals surface area (Å²) in [5.41, 5.74) is 0.770. The number of carbonyl (C=O) groups is 1. The number of hydrogen-bond acceptors (Lipinski definition) is 3. The lowest BCUT2D eigenvalue weighted by Crippen LogP contribution is -2.28. The Kier molecular flexibility index (Phi) is 4.99. The quantitative estimate of drug-likeness (QED) is 0.586. The Balaban J connectivity index is 2.20. The van der Waals surface area contributed by atoms with Crippen LogP contribution in [0.15, 0.2) is 12.1 Å². The number of fused-ring (bicyclic) bond motifs is 1. The first-order chi connectivity index (χ1) is 9.67. The van der Waals surface area contributed by atoms with Crippen molar-refractivity contribution in [1.82, 2.24) is 0 Å².